The number of benzene rings is 2. The first-order chi connectivity index (χ1) is 13.4. The Labute approximate surface area is 162 Å². The van der Waals surface area contributed by atoms with Gasteiger partial charge in [0.1, 0.15) is 5.82 Å². The molecule has 0 unspecified atom stereocenters. The number of fused-ring (bicyclic) bond motifs is 1. The molecule has 2 aromatic carbocycles. The van der Waals surface area contributed by atoms with E-state index in [9.17, 15) is 17.6 Å². The summed E-state index contributed by atoms with van der Waals surface area (Å²) in [5.74, 6) is -0.468. The van der Waals surface area contributed by atoms with E-state index in [4.69, 9.17) is 0 Å². The van der Waals surface area contributed by atoms with Crippen LogP contribution in [0.3, 0.4) is 0 Å². The van der Waals surface area contributed by atoms with Gasteiger partial charge in [-0.3, -0.25) is 14.0 Å². The average molecular weight is 404 g/mol. The van der Waals surface area contributed by atoms with Crippen molar-refractivity contribution < 1.29 is 12.8 Å². The molecule has 148 valence electrons. The third-order valence-corrected chi connectivity index (χ3v) is 7.09. The maximum atomic E-state index is 13.1. The van der Waals surface area contributed by atoms with Crippen LogP contribution in [0.4, 0.5) is 4.39 Å². The molecule has 4 rings (SSSR count). The van der Waals surface area contributed by atoms with Crippen LogP contribution in [0.1, 0.15) is 0 Å². The number of para-hydroxylation sites is 2. The first kappa shape index (κ1) is 18.9. The predicted molar refractivity (Wildman–Crippen MR) is 104 cm³/mol. The predicted octanol–water partition coefficient (Wildman–Crippen LogP) is 1.44. The van der Waals surface area contributed by atoms with Crippen molar-refractivity contribution in [2.45, 2.75) is 11.6 Å². The van der Waals surface area contributed by atoms with Crippen LogP contribution in [-0.4, -0.2) is 52.9 Å². The lowest BCUT2D eigenvalue weighted by molar-refractivity contribution is 0.152. The molecule has 3 aromatic rings. The maximum Gasteiger partial charge on any atom is 0.329 e. The van der Waals surface area contributed by atoms with Gasteiger partial charge in [0.25, 0.3) is 0 Å². The number of sulfonamides is 1. The Bertz CT molecular complexity index is 1160. The minimum Gasteiger partial charge on any atom is -0.295 e. The summed E-state index contributed by atoms with van der Waals surface area (Å²) in [5, 5.41) is 0. The number of aromatic nitrogens is 2. The second-order valence-corrected chi connectivity index (χ2v) is 8.81. The van der Waals surface area contributed by atoms with Gasteiger partial charge in [-0.15, -0.1) is 0 Å². The molecule has 0 spiro atoms. The number of rotatable bonds is 4. The normalized spacial score (nSPS) is 16.6. The quantitative estimate of drug-likeness (QED) is 0.660. The fourth-order valence-corrected chi connectivity index (χ4v) is 4.99. The molecule has 0 amide bonds. The van der Waals surface area contributed by atoms with Crippen LogP contribution >= 0.6 is 0 Å². The van der Waals surface area contributed by atoms with Gasteiger partial charge < -0.3 is 0 Å². The highest BCUT2D eigenvalue weighted by Gasteiger charge is 2.29. The van der Waals surface area contributed by atoms with Gasteiger partial charge >= 0.3 is 5.69 Å². The van der Waals surface area contributed by atoms with Crippen LogP contribution in [0.15, 0.2) is 58.2 Å². The summed E-state index contributed by atoms with van der Waals surface area (Å²) in [7, 11) is -1.90. The molecule has 0 aliphatic carbocycles. The van der Waals surface area contributed by atoms with Crippen LogP contribution in [0.5, 0.6) is 0 Å². The van der Waals surface area contributed by atoms with Crippen molar-refractivity contribution in [3.8, 4) is 0 Å². The molecule has 28 heavy (non-hydrogen) atoms. The van der Waals surface area contributed by atoms with Gasteiger partial charge in [-0.25, -0.2) is 17.6 Å². The topological polar surface area (TPSA) is 67.6 Å². The number of hydrogen-bond acceptors (Lipinski definition) is 4. The van der Waals surface area contributed by atoms with Crippen molar-refractivity contribution in [3.05, 3.63) is 64.8 Å². The monoisotopic (exact) mass is 404 g/mol. The molecule has 0 bridgehead atoms. The van der Waals surface area contributed by atoms with E-state index in [1.165, 1.54) is 16.4 Å². The third-order valence-electron chi connectivity index (χ3n) is 5.18. The highest BCUT2D eigenvalue weighted by Crippen LogP contribution is 2.19. The maximum absolute atomic E-state index is 13.1. The summed E-state index contributed by atoms with van der Waals surface area (Å²) in [6.45, 7) is 2.06. The lowest BCUT2D eigenvalue weighted by atomic mass is 10.3. The zero-order chi connectivity index (χ0) is 19.9. The van der Waals surface area contributed by atoms with Gasteiger partial charge in [0.2, 0.25) is 10.0 Å². The van der Waals surface area contributed by atoms with E-state index < -0.39 is 15.8 Å². The smallest absolute Gasteiger partial charge is 0.295 e. The van der Waals surface area contributed by atoms with Crippen molar-refractivity contribution in [2.24, 2.45) is 7.05 Å². The molecule has 2 heterocycles. The SMILES string of the molecule is Cn1c(=O)n(CN2CCN(S(=O)(=O)c3ccc(F)cc3)CC2)c2ccccc21. The van der Waals surface area contributed by atoms with Crippen LogP contribution in [0.2, 0.25) is 0 Å². The Morgan fingerprint density at radius 2 is 1.54 bits per heavy atom. The van der Waals surface area contributed by atoms with Crippen molar-refractivity contribution in [1.82, 2.24) is 18.3 Å². The van der Waals surface area contributed by atoms with E-state index in [2.05, 4.69) is 4.90 Å². The molecule has 0 saturated carbocycles. The second kappa shape index (κ2) is 7.16. The molecule has 1 aromatic heterocycles. The van der Waals surface area contributed by atoms with Crippen LogP contribution in [-0.2, 0) is 23.7 Å². The van der Waals surface area contributed by atoms with Crippen molar-refractivity contribution in [3.63, 3.8) is 0 Å². The van der Waals surface area contributed by atoms with Gasteiger partial charge in [-0.1, -0.05) is 12.1 Å². The van der Waals surface area contributed by atoms with Crippen molar-refractivity contribution in [2.75, 3.05) is 26.2 Å². The van der Waals surface area contributed by atoms with Crippen LogP contribution in [0, 0.1) is 5.82 Å². The molecular formula is C19H21FN4O3S. The number of halogens is 1. The van der Waals surface area contributed by atoms with Crippen LogP contribution < -0.4 is 5.69 Å². The summed E-state index contributed by atoms with van der Waals surface area (Å²) in [6.07, 6.45) is 0. The summed E-state index contributed by atoms with van der Waals surface area (Å²) >= 11 is 0. The first-order valence-corrected chi connectivity index (χ1v) is 10.4. The summed E-state index contributed by atoms with van der Waals surface area (Å²) < 4.78 is 43.2. The highest BCUT2D eigenvalue weighted by molar-refractivity contribution is 7.89. The molecular weight excluding hydrogens is 383 g/mol. The molecule has 9 heteroatoms. The fraction of sp³-hybridized carbons (Fsp3) is 0.316. The molecule has 1 aliphatic rings. The van der Waals surface area contributed by atoms with E-state index in [-0.39, 0.29) is 10.6 Å². The number of hydrogen-bond donors (Lipinski definition) is 0. The van der Waals surface area contributed by atoms with Gasteiger partial charge in [0, 0.05) is 33.2 Å². The molecule has 1 saturated heterocycles. The zero-order valence-electron chi connectivity index (χ0n) is 15.5. The Balaban J connectivity index is 1.49. The lowest BCUT2D eigenvalue weighted by Crippen LogP contribution is -2.49. The Hall–Kier alpha value is -2.49. The molecule has 1 fully saturated rings. The second-order valence-electron chi connectivity index (χ2n) is 6.88. The van der Waals surface area contributed by atoms with Gasteiger partial charge in [-0.2, -0.15) is 4.31 Å². The van der Waals surface area contributed by atoms with Crippen molar-refractivity contribution in [1.29, 1.82) is 0 Å². The first-order valence-electron chi connectivity index (χ1n) is 9.00. The van der Waals surface area contributed by atoms with E-state index >= 15 is 0 Å². The molecule has 0 N–H and O–H groups in total. The van der Waals surface area contributed by atoms with Crippen molar-refractivity contribution >= 4 is 21.1 Å². The van der Waals surface area contributed by atoms with E-state index in [1.807, 2.05) is 24.3 Å². The fourth-order valence-electron chi connectivity index (χ4n) is 3.57. The summed E-state index contributed by atoms with van der Waals surface area (Å²) in [4.78, 5) is 14.7. The largest absolute Gasteiger partial charge is 0.329 e. The number of piperazine rings is 1. The van der Waals surface area contributed by atoms with Gasteiger partial charge in [-0.05, 0) is 36.4 Å². The molecule has 7 nitrogen and oxygen atoms in total. The summed E-state index contributed by atoms with van der Waals surface area (Å²) in [6, 6.07) is 12.5. The Morgan fingerprint density at radius 1 is 0.929 bits per heavy atom. The molecule has 1 aliphatic heterocycles. The third kappa shape index (κ3) is 3.25. The zero-order valence-corrected chi connectivity index (χ0v) is 16.3. The highest BCUT2D eigenvalue weighted by atomic mass is 32.2. The molecule has 0 atom stereocenters. The average Bonchev–Trinajstić information content (AvgIpc) is 2.94. The van der Waals surface area contributed by atoms with Crippen LogP contribution in [0.25, 0.3) is 11.0 Å². The number of aryl methyl sites for hydroxylation is 1. The lowest BCUT2D eigenvalue weighted by Gasteiger charge is -2.34. The minimum atomic E-state index is -3.65. The van der Waals surface area contributed by atoms with Gasteiger partial charge in [0.15, 0.2) is 0 Å². The Morgan fingerprint density at radius 3 is 2.18 bits per heavy atom. The van der Waals surface area contributed by atoms with E-state index in [1.54, 1.807) is 16.2 Å². The number of nitrogens with zero attached hydrogens (tertiary/aromatic N) is 4. The number of imidazole rings is 1. The van der Waals surface area contributed by atoms with E-state index in [0.29, 0.717) is 32.8 Å². The standard InChI is InChI=1S/C19H21FN4O3S/c1-21-17-4-2-3-5-18(17)24(19(21)25)14-22-10-12-23(13-11-22)28(26,27)16-8-6-15(20)7-9-16/h2-9H,10-14H2,1H3. The Kier molecular flexibility index (Phi) is 4.82. The molecule has 0 radical (unpaired) electrons. The van der Waals surface area contributed by atoms with E-state index in [0.717, 1.165) is 23.2 Å². The summed E-state index contributed by atoms with van der Waals surface area (Å²) in [5.41, 5.74) is 1.63. The van der Waals surface area contributed by atoms with Gasteiger partial charge in [0.05, 0.1) is 22.6 Å². The minimum absolute atomic E-state index is 0.0904.